The molecule has 0 bridgehead atoms. The highest BCUT2D eigenvalue weighted by Gasteiger charge is 2.17. The minimum absolute atomic E-state index is 0.0659. The summed E-state index contributed by atoms with van der Waals surface area (Å²) in [5.74, 6) is -0.395. The van der Waals surface area contributed by atoms with Crippen LogP contribution in [0, 0.1) is 0 Å². The molecule has 2 aromatic rings. The monoisotopic (exact) mass is 303 g/mol. The fourth-order valence-electron chi connectivity index (χ4n) is 1.59. The van der Waals surface area contributed by atoms with E-state index in [1.54, 1.807) is 30.3 Å². The maximum atomic E-state index is 12.3. The lowest BCUT2D eigenvalue weighted by Crippen LogP contribution is -2.06. The Labute approximate surface area is 113 Å². The summed E-state index contributed by atoms with van der Waals surface area (Å²) in [5.41, 5.74) is 1.13. The van der Waals surface area contributed by atoms with Gasteiger partial charge in [0.15, 0.2) is 0 Å². The summed E-state index contributed by atoms with van der Waals surface area (Å²) in [6.45, 7) is 3.64. The number of hydrogen-bond acceptors (Lipinski definition) is 3. The molecule has 0 spiro atoms. The molecular formula is C14H10BrNO2. The largest absolute Gasteiger partial charge is 0.507 e. The summed E-state index contributed by atoms with van der Waals surface area (Å²) in [5, 5.41) is 9.74. The van der Waals surface area contributed by atoms with E-state index in [0.717, 1.165) is 4.47 Å². The Morgan fingerprint density at radius 1 is 1.39 bits per heavy atom. The number of ketones is 1. The maximum Gasteiger partial charge on any atom is 0.215 e. The van der Waals surface area contributed by atoms with Crippen LogP contribution in [0.1, 0.15) is 21.6 Å². The molecule has 4 heteroatoms. The second kappa shape index (κ2) is 5.14. The molecule has 0 unspecified atom stereocenters. The highest BCUT2D eigenvalue weighted by molar-refractivity contribution is 9.10. The Morgan fingerprint density at radius 2 is 2.17 bits per heavy atom. The van der Waals surface area contributed by atoms with Gasteiger partial charge >= 0.3 is 0 Å². The standard InChI is InChI=1S/C14H10BrNO2/c1-2-9-4-3-7-16-13(9)14(18)11-8-10(15)5-6-12(11)17/h2-8,17H,1H2. The number of rotatable bonds is 3. The molecule has 0 aliphatic carbocycles. The Morgan fingerprint density at radius 3 is 2.89 bits per heavy atom. The van der Waals surface area contributed by atoms with Gasteiger partial charge in [-0.25, -0.2) is 0 Å². The van der Waals surface area contributed by atoms with Crippen molar-refractivity contribution >= 4 is 27.8 Å². The van der Waals surface area contributed by atoms with Crippen LogP contribution in [-0.2, 0) is 0 Å². The lowest BCUT2D eigenvalue weighted by Gasteiger charge is -2.06. The number of aromatic nitrogens is 1. The van der Waals surface area contributed by atoms with Crippen molar-refractivity contribution in [3.8, 4) is 5.75 Å². The van der Waals surface area contributed by atoms with Gasteiger partial charge in [-0.15, -0.1) is 0 Å². The first-order valence-electron chi connectivity index (χ1n) is 5.24. The third-order valence-corrected chi connectivity index (χ3v) is 2.97. The van der Waals surface area contributed by atoms with Gasteiger partial charge in [0.1, 0.15) is 11.4 Å². The first-order chi connectivity index (χ1) is 8.63. The topological polar surface area (TPSA) is 50.2 Å². The predicted octanol–water partition coefficient (Wildman–Crippen LogP) is 3.42. The molecule has 1 aromatic carbocycles. The van der Waals surface area contributed by atoms with Crippen molar-refractivity contribution < 1.29 is 9.90 Å². The Hall–Kier alpha value is -1.94. The van der Waals surface area contributed by atoms with Gasteiger partial charge in [-0.05, 0) is 24.3 Å². The van der Waals surface area contributed by atoms with Crippen LogP contribution in [0.2, 0.25) is 0 Å². The summed E-state index contributed by atoms with van der Waals surface area (Å²) in [4.78, 5) is 16.4. The van der Waals surface area contributed by atoms with Crippen LogP contribution in [0.5, 0.6) is 5.75 Å². The molecule has 18 heavy (non-hydrogen) atoms. The van der Waals surface area contributed by atoms with Gasteiger partial charge in [0.2, 0.25) is 5.78 Å². The normalized spacial score (nSPS) is 10.1. The zero-order valence-electron chi connectivity index (χ0n) is 9.43. The summed E-state index contributed by atoms with van der Waals surface area (Å²) < 4.78 is 0.722. The molecular weight excluding hydrogens is 294 g/mol. The molecule has 0 saturated carbocycles. The van der Waals surface area contributed by atoms with Gasteiger partial charge in [-0.1, -0.05) is 34.7 Å². The highest BCUT2D eigenvalue weighted by atomic mass is 79.9. The summed E-state index contributed by atoms with van der Waals surface area (Å²) in [6.07, 6.45) is 3.10. The van der Waals surface area contributed by atoms with E-state index in [1.165, 1.54) is 12.3 Å². The molecule has 1 N–H and O–H groups in total. The molecule has 0 fully saturated rings. The summed E-state index contributed by atoms with van der Waals surface area (Å²) in [7, 11) is 0. The van der Waals surface area contributed by atoms with Gasteiger partial charge in [0.25, 0.3) is 0 Å². The fraction of sp³-hybridized carbons (Fsp3) is 0. The van der Waals surface area contributed by atoms with Crippen LogP contribution >= 0.6 is 15.9 Å². The van der Waals surface area contributed by atoms with Crippen molar-refractivity contribution in [2.45, 2.75) is 0 Å². The van der Waals surface area contributed by atoms with Crippen LogP contribution in [-0.4, -0.2) is 15.9 Å². The first-order valence-corrected chi connectivity index (χ1v) is 6.03. The van der Waals surface area contributed by atoms with Gasteiger partial charge < -0.3 is 5.11 Å². The molecule has 0 radical (unpaired) electrons. The number of pyridine rings is 1. The fourth-order valence-corrected chi connectivity index (χ4v) is 1.95. The number of nitrogens with zero attached hydrogens (tertiary/aromatic N) is 1. The number of carbonyl (C=O) groups excluding carboxylic acids is 1. The number of halogens is 1. The predicted molar refractivity (Wildman–Crippen MR) is 73.6 cm³/mol. The smallest absolute Gasteiger partial charge is 0.215 e. The average Bonchev–Trinajstić information content (AvgIpc) is 2.40. The molecule has 0 atom stereocenters. The lowest BCUT2D eigenvalue weighted by molar-refractivity contribution is 0.103. The third kappa shape index (κ3) is 2.33. The first kappa shape index (κ1) is 12.5. The van der Waals surface area contributed by atoms with E-state index in [4.69, 9.17) is 0 Å². The maximum absolute atomic E-state index is 12.3. The number of carbonyl (C=O) groups is 1. The van der Waals surface area contributed by atoms with E-state index >= 15 is 0 Å². The minimum Gasteiger partial charge on any atom is -0.507 e. The Bertz CT molecular complexity index is 623. The molecule has 0 aliphatic rings. The van der Waals surface area contributed by atoms with E-state index in [-0.39, 0.29) is 22.8 Å². The minimum atomic E-state index is -0.329. The lowest BCUT2D eigenvalue weighted by atomic mass is 10.0. The van der Waals surface area contributed by atoms with Gasteiger partial charge in [0, 0.05) is 16.2 Å². The number of aromatic hydroxyl groups is 1. The van der Waals surface area contributed by atoms with Crippen molar-refractivity contribution in [3.63, 3.8) is 0 Å². The zero-order valence-corrected chi connectivity index (χ0v) is 11.0. The van der Waals surface area contributed by atoms with Crippen molar-refractivity contribution in [1.29, 1.82) is 0 Å². The Kier molecular flexibility index (Phi) is 3.58. The van der Waals surface area contributed by atoms with E-state index in [0.29, 0.717) is 5.56 Å². The third-order valence-electron chi connectivity index (χ3n) is 2.48. The second-order valence-electron chi connectivity index (χ2n) is 3.64. The van der Waals surface area contributed by atoms with E-state index in [1.807, 2.05) is 0 Å². The van der Waals surface area contributed by atoms with Crippen LogP contribution < -0.4 is 0 Å². The van der Waals surface area contributed by atoms with Gasteiger partial charge in [0.05, 0.1) is 5.56 Å². The van der Waals surface area contributed by atoms with Crippen molar-refractivity contribution in [2.75, 3.05) is 0 Å². The van der Waals surface area contributed by atoms with Crippen LogP contribution in [0.4, 0.5) is 0 Å². The number of phenolic OH excluding ortho intramolecular Hbond substituents is 1. The molecule has 0 aliphatic heterocycles. The van der Waals surface area contributed by atoms with Crippen molar-refractivity contribution in [2.24, 2.45) is 0 Å². The number of hydrogen-bond donors (Lipinski definition) is 1. The van der Waals surface area contributed by atoms with Crippen molar-refractivity contribution in [3.05, 3.63) is 64.4 Å². The summed E-state index contributed by atoms with van der Waals surface area (Å²) >= 11 is 3.27. The Balaban J connectivity index is 2.54. The molecule has 0 saturated heterocycles. The van der Waals surface area contributed by atoms with E-state index in [9.17, 15) is 9.90 Å². The van der Waals surface area contributed by atoms with Gasteiger partial charge in [-0.2, -0.15) is 0 Å². The molecule has 90 valence electrons. The zero-order chi connectivity index (χ0) is 13.1. The van der Waals surface area contributed by atoms with E-state index < -0.39 is 0 Å². The van der Waals surface area contributed by atoms with Gasteiger partial charge in [-0.3, -0.25) is 9.78 Å². The highest BCUT2D eigenvalue weighted by Crippen LogP contribution is 2.25. The van der Waals surface area contributed by atoms with E-state index in [2.05, 4.69) is 27.5 Å². The number of benzene rings is 1. The number of phenols is 1. The second-order valence-corrected chi connectivity index (χ2v) is 4.55. The quantitative estimate of drug-likeness (QED) is 0.884. The molecule has 1 aromatic heterocycles. The molecule has 3 nitrogen and oxygen atoms in total. The average molecular weight is 304 g/mol. The molecule has 2 rings (SSSR count). The van der Waals surface area contributed by atoms with Crippen molar-refractivity contribution in [1.82, 2.24) is 4.98 Å². The SMILES string of the molecule is C=Cc1cccnc1C(=O)c1cc(Br)ccc1O. The molecule has 1 heterocycles. The molecule has 0 amide bonds. The van der Waals surface area contributed by atoms with Crippen LogP contribution in [0.15, 0.2) is 47.6 Å². The van der Waals surface area contributed by atoms with Crippen LogP contribution in [0.3, 0.4) is 0 Å². The van der Waals surface area contributed by atoms with Crippen LogP contribution in [0.25, 0.3) is 6.08 Å². The summed E-state index contributed by atoms with van der Waals surface area (Å²) in [6, 6.07) is 8.18.